The van der Waals surface area contributed by atoms with Crippen LogP contribution < -0.4 is 15.1 Å². The molecule has 0 spiro atoms. The molecule has 1 amide bonds. The van der Waals surface area contributed by atoms with Gasteiger partial charge in [-0.3, -0.25) is 4.79 Å². The number of anilines is 2. The molecule has 2 rings (SSSR count). The molecule has 0 atom stereocenters. The Hall–Kier alpha value is -1.55. The molecule has 0 radical (unpaired) electrons. The van der Waals surface area contributed by atoms with Crippen LogP contribution in [0.3, 0.4) is 0 Å². The summed E-state index contributed by atoms with van der Waals surface area (Å²) >= 11 is 0. The number of hydrogen-bond donors (Lipinski definition) is 1. The van der Waals surface area contributed by atoms with Crippen LogP contribution in [0, 0.1) is 0 Å². The van der Waals surface area contributed by atoms with Crippen LogP contribution in [0.15, 0.2) is 24.3 Å². The summed E-state index contributed by atoms with van der Waals surface area (Å²) in [4.78, 5) is 16.1. The Balaban J connectivity index is 2.21. The quantitative estimate of drug-likeness (QED) is 0.848. The van der Waals surface area contributed by atoms with Gasteiger partial charge in [-0.25, -0.2) is 0 Å². The van der Waals surface area contributed by atoms with Crippen LogP contribution in [-0.4, -0.2) is 39.1 Å². The zero-order valence-corrected chi connectivity index (χ0v) is 10.4. The van der Waals surface area contributed by atoms with Gasteiger partial charge >= 0.3 is 0 Å². The number of carbonyl (C=O) groups excluding carboxylic acids is 1. The van der Waals surface area contributed by atoms with Crippen molar-refractivity contribution < 1.29 is 4.79 Å². The molecule has 0 saturated heterocycles. The van der Waals surface area contributed by atoms with Gasteiger partial charge in [-0.15, -0.1) is 0 Å². The summed E-state index contributed by atoms with van der Waals surface area (Å²) < 4.78 is 0. The Morgan fingerprint density at radius 2 is 2.00 bits per heavy atom. The minimum Gasteiger partial charge on any atom is -0.371 e. The van der Waals surface area contributed by atoms with Gasteiger partial charge in [0.25, 0.3) is 0 Å². The van der Waals surface area contributed by atoms with Crippen LogP contribution in [0.2, 0.25) is 0 Å². The molecule has 0 aliphatic carbocycles. The predicted octanol–water partition coefficient (Wildman–Crippen LogP) is 1.08. The van der Waals surface area contributed by atoms with Crippen LogP contribution in [0.4, 0.5) is 11.4 Å². The highest BCUT2D eigenvalue weighted by atomic mass is 16.2. The molecule has 1 N–H and O–H groups in total. The monoisotopic (exact) mass is 233 g/mol. The summed E-state index contributed by atoms with van der Waals surface area (Å²) in [6.07, 6.45) is 0. The number of para-hydroxylation sites is 2. The fourth-order valence-corrected chi connectivity index (χ4v) is 2.09. The molecule has 0 aromatic heterocycles. The van der Waals surface area contributed by atoms with Gasteiger partial charge in [-0.05, 0) is 18.7 Å². The van der Waals surface area contributed by atoms with Crippen molar-refractivity contribution in [2.75, 3.05) is 43.0 Å². The lowest BCUT2D eigenvalue weighted by atomic mass is 10.1. The number of benzene rings is 1. The minimum absolute atomic E-state index is 0.146. The summed E-state index contributed by atoms with van der Waals surface area (Å²) in [5.74, 6) is 0.146. The second kappa shape index (κ2) is 5.19. The normalized spacial score (nSPS) is 14.7. The third-order valence-electron chi connectivity index (χ3n) is 3.07. The summed E-state index contributed by atoms with van der Waals surface area (Å²) in [5, 5.41) is 3.08. The standard InChI is InChI=1S/C13H19N3O/c1-3-14-10-13(17)16-9-8-15(2)11-6-4-5-7-12(11)16/h4-7,14H,3,8-10H2,1-2H3. The molecule has 1 aromatic rings. The SMILES string of the molecule is CCNCC(=O)N1CCN(C)c2ccccc21. The summed E-state index contributed by atoms with van der Waals surface area (Å²) in [6.45, 7) is 4.88. The lowest BCUT2D eigenvalue weighted by Crippen LogP contribution is -2.45. The Morgan fingerprint density at radius 3 is 2.71 bits per heavy atom. The van der Waals surface area contributed by atoms with Gasteiger partial charge in [-0.2, -0.15) is 0 Å². The van der Waals surface area contributed by atoms with Crippen molar-refractivity contribution in [2.45, 2.75) is 6.92 Å². The highest BCUT2D eigenvalue weighted by Crippen LogP contribution is 2.31. The molecule has 1 heterocycles. The summed E-state index contributed by atoms with van der Waals surface area (Å²) in [6, 6.07) is 8.05. The van der Waals surface area contributed by atoms with Gasteiger partial charge in [0.05, 0.1) is 17.9 Å². The van der Waals surface area contributed by atoms with E-state index >= 15 is 0 Å². The van der Waals surface area contributed by atoms with Crippen LogP contribution >= 0.6 is 0 Å². The van der Waals surface area contributed by atoms with Crippen molar-refractivity contribution in [3.8, 4) is 0 Å². The minimum atomic E-state index is 0.146. The molecule has 17 heavy (non-hydrogen) atoms. The number of amides is 1. The molecule has 1 aliphatic heterocycles. The van der Waals surface area contributed by atoms with E-state index in [1.807, 2.05) is 30.0 Å². The number of carbonyl (C=O) groups is 1. The van der Waals surface area contributed by atoms with Crippen molar-refractivity contribution in [3.63, 3.8) is 0 Å². The van der Waals surface area contributed by atoms with E-state index in [2.05, 4.69) is 23.3 Å². The first kappa shape index (κ1) is 11.9. The first-order valence-corrected chi connectivity index (χ1v) is 6.05. The molecule has 4 nitrogen and oxygen atoms in total. The first-order chi connectivity index (χ1) is 8.24. The van der Waals surface area contributed by atoms with E-state index in [9.17, 15) is 4.79 Å². The van der Waals surface area contributed by atoms with Crippen LogP contribution in [0.1, 0.15) is 6.92 Å². The maximum absolute atomic E-state index is 12.1. The number of rotatable bonds is 3. The van der Waals surface area contributed by atoms with Crippen LogP contribution in [0.25, 0.3) is 0 Å². The van der Waals surface area contributed by atoms with Crippen LogP contribution in [0.5, 0.6) is 0 Å². The Morgan fingerprint density at radius 1 is 1.29 bits per heavy atom. The van der Waals surface area contributed by atoms with E-state index in [0.29, 0.717) is 6.54 Å². The largest absolute Gasteiger partial charge is 0.371 e. The summed E-state index contributed by atoms with van der Waals surface area (Å²) in [7, 11) is 2.06. The molecular weight excluding hydrogens is 214 g/mol. The fraction of sp³-hybridized carbons (Fsp3) is 0.462. The smallest absolute Gasteiger partial charge is 0.241 e. The van der Waals surface area contributed by atoms with Gasteiger partial charge in [0.2, 0.25) is 5.91 Å². The van der Waals surface area contributed by atoms with Crippen molar-refractivity contribution in [1.82, 2.24) is 5.32 Å². The first-order valence-electron chi connectivity index (χ1n) is 6.05. The topological polar surface area (TPSA) is 35.6 Å². The van der Waals surface area contributed by atoms with Gasteiger partial charge in [-0.1, -0.05) is 19.1 Å². The number of nitrogens with zero attached hydrogens (tertiary/aromatic N) is 2. The Labute approximate surface area is 102 Å². The lowest BCUT2D eigenvalue weighted by molar-refractivity contribution is -0.117. The molecule has 0 bridgehead atoms. The zero-order valence-electron chi connectivity index (χ0n) is 10.4. The second-order valence-corrected chi connectivity index (χ2v) is 4.24. The Bertz CT molecular complexity index is 405. The third kappa shape index (κ3) is 2.42. The van der Waals surface area contributed by atoms with E-state index in [0.717, 1.165) is 31.0 Å². The average molecular weight is 233 g/mol. The van der Waals surface area contributed by atoms with Crippen molar-refractivity contribution in [3.05, 3.63) is 24.3 Å². The average Bonchev–Trinajstić information content (AvgIpc) is 2.37. The molecule has 4 heteroatoms. The molecule has 0 fully saturated rings. The van der Waals surface area contributed by atoms with Crippen molar-refractivity contribution in [1.29, 1.82) is 0 Å². The Kier molecular flexibility index (Phi) is 3.64. The molecule has 0 saturated carbocycles. The fourth-order valence-electron chi connectivity index (χ4n) is 2.09. The molecule has 1 aliphatic rings. The highest BCUT2D eigenvalue weighted by Gasteiger charge is 2.23. The molecular formula is C13H19N3O. The lowest BCUT2D eigenvalue weighted by Gasteiger charge is -2.35. The third-order valence-corrected chi connectivity index (χ3v) is 3.07. The maximum atomic E-state index is 12.1. The van der Waals surface area contributed by atoms with E-state index in [1.165, 1.54) is 0 Å². The number of fused-ring (bicyclic) bond motifs is 1. The van der Waals surface area contributed by atoms with E-state index < -0.39 is 0 Å². The summed E-state index contributed by atoms with van der Waals surface area (Å²) in [5.41, 5.74) is 2.15. The number of hydrogen-bond acceptors (Lipinski definition) is 3. The maximum Gasteiger partial charge on any atom is 0.241 e. The zero-order chi connectivity index (χ0) is 12.3. The van der Waals surface area contributed by atoms with Crippen molar-refractivity contribution >= 4 is 17.3 Å². The van der Waals surface area contributed by atoms with Gasteiger partial charge < -0.3 is 15.1 Å². The van der Waals surface area contributed by atoms with Crippen molar-refractivity contribution in [2.24, 2.45) is 0 Å². The molecule has 92 valence electrons. The highest BCUT2D eigenvalue weighted by molar-refractivity contribution is 5.98. The van der Waals surface area contributed by atoms with E-state index in [4.69, 9.17) is 0 Å². The molecule has 0 unspecified atom stereocenters. The van der Waals surface area contributed by atoms with Gasteiger partial charge in [0, 0.05) is 20.1 Å². The molecule has 1 aromatic carbocycles. The van der Waals surface area contributed by atoms with Gasteiger partial charge in [0.15, 0.2) is 0 Å². The number of nitrogens with one attached hydrogen (secondary N) is 1. The van der Waals surface area contributed by atoms with E-state index in [1.54, 1.807) is 0 Å². The van der Waals surface area contributed by atoms with Gasteiger partial charge in [0.1, 0.15) is 0 Å². The number of likely N-dealkylation sites (N-methyl/N-ethyl adjacent to an activating group) is 2. The van der Waals surface area contributed by atoms with E-state index in [-0.39, 0.29) is 5.91 Å². The predicted molar refractivity (Wildman–Crippen MR) is 70.6 cm³/mol. The van der Waals surface area contributed by atoms with Crippen LogP contribution in [-0.2, 0) is 4.79 Å². The second-order valence-electron chi connectivity index (χ2n) is 4.24.